The van der Waals surface area contributed by atoms with Crippen molar-refractivity contribution in [1.29, 1.82) is 0 Å². The van der Waals surface area contributed by atoms with Gasteiger partial charge in [0, 0.05) is 53.9 Å². The van der Waals surface area contributed by atoms with Crippen LogP contribution in [0.4, 0.5) is 28.4 Å². The van der Waals surface area contributed by atoms with Crippen LogP contribution >= 0.6 is 11.3 Å². The standard InChI is InChI=1S/C66H68BN2OS/c1-61(2)25-27-63(5,6)47-31-38(21-23-45(47)61)68-52-37-57-43(40-17-14-16-20-56(40)71-57)33-42(52)44-34-55-58(41-18-13-15-19-54(41)70-55)60-59(44)67-51-35-49-50(66(11,12)30-29-65(49,9)10)36-53(51)69(60)39-22-24-46-48(32-39)64(7,8)28-26-62(46,3)4/h13-24,31-37,68H,25-30H2,1-12H3. The molecule has 0 bridgehead atoms. The maximum absolute atomic E-state index is 7.10. The number of para-hydroxylation sites is 1. The summed E-state index contributed by atoms with van der Waals surface area (Å²) in [4.78, 5) is 2.66. The molecular formula is C66H68BN2OS. The number of nitrogens with zero attached hydrogens (tertiary/aromatic N) is 1. The van der Waals surface area contributed by atoms with E-state index in [-0.39, 0.29) is 32.5 Å². The molecule has 1 radical (unpaired) electrons. The summed E-state index contributed by atoms with van der Waals surface area (Å²) in [6.45, 7) is 29.3. The van der Waals surface area contributed by atoms with E-state index in [1.54, 1.807) is 0 Å². The van der Waals surface area contributed by atoms with E-state index in [9.17, 15) is 0 Å². The van der Waals surface area contributed by atoms with Crippen molar-refractivity contribution in [2.45, 2.75) is 154 Å². The minimum absolute atomic E-state index is 0.0359. The first-order valence-corrected chi connectivity index (χ1v) is 27.3. The van der Waals surface area contributed by atoms with Crippen molar-refractivity contribution in [3.8, 4) is 11.1 Å². The Kier molecular flexibility index (Phi) is 9.47. The number of furan rings is 1. The van der Waals surface area contributed by atoms with Crippen LogP contribution in [0.2, 0.25) is 0 Å². The zero-order valence-electron chi connectivity index (χ0n) is 44.1. The van der Waals surface area contributed by atoms with Crippen molar-refractivity contribution >= 4 is 100 Å². The normalized spacial score (nSPS) is 19.7. The van der Waals surface area contributed by atoms with Crippen molar-refractivity contribution in [2.75, 3.05) is 10.2 Å². The van der Waals surface area contributed by atoms with Crippen molar-refractivity contribution in [1.82, 2.24) is 0 Å². The molecule has 2 aromatic heterocycles. The molecular weight excluding hydrogens is 880 g/mol. The molecule has 9 aromatic rings. The summed E-state index contributed by atoms with van der Waals surface area (Å²) >= 11 is 1.88. The van der Waals surface area contributed by atoms with E-state index in [1.165, 1.54) is 106 Å². The van der Waals surface area contributed by atoms with Crippen molar-refractivity contribution < 1.29 is 4.42 Å². The van der Waals surface area contributed by atoms with E-state index in [0.717, 1.165) is 58.1 Å². The second-order valence-corrected chi connectivity index (χ2v) is 27.1. The van der Waals surface area contributed by atoms with E-state index in [0.29, 0.717) is 0 Å². The van der Waals surface area contributed by atoms with Crippen LogP contribution in [0.5, 0.6) is 0 Å². The number of anilines is 5. The lowest BCUT2D eigenvalue weighted by Crippen LogP contribution is -2.44. The highest BCUT2D eigenvalue weighted by atomic mass is 32.1. The average molecular weight is 948 g/mol. The number of thiophene rings is 1. The maximum Gasteiger partial charge on any atom is 0.197 e. The molecule has 1 N–H and O–H groups in total. The van der Waals surface area contributed by atoms with Crippen molar-refractivity contribution in [3.05, 3.63) is 149 Å². The summed E-state index contributed by atoms with van der Waals surface area (Å²) in [6.07, 6.45) is 7.02. The predicted molar refractivity (Wildman–Crippen MR) is 307 cm³/mol. The fourth-order valence-corrected chi connectivity index (χ4v) is 14.7. The van der Waals surface area contributed by atoms with Crippen LogP contribution in [-0.4, -0.2) is 7.28 Å². The van der Waals surface area contributed by atoms with Gasteiger partial charge in [0.1, 0.15) is 11.2 Å². The van der Waals surface area contributed by atoms with Gasteiger partial charge in [-0.25, -0.2) is 0 Å². The molecule has 71 heavy (non-hydrogen) atoms. The van der Waals surface area contributed by atoms with Gasteiger partial charge in [-0.3, -0.25) is 0 Å². The molecule has 3 heterocycles. The van der Waals surface area contributed by atoms with E-state index >= 15 is 0 Å². The Bertz CT molecular complexity index is 3740. The lowest BCUT2D eigenvalue weighted by molar-refractivity contribution is 0.332. The Hall–Kier alpha value is -5.78. The van der Waals surface area contributed by atoms with Crippen LogP contribution in [0, 0.1) is 0 Å². The van der Waals surface area contributed by atoms with Crippen molar-refractivity contribution in [3.63, 3.8) is 0 Å². The number of benzene rings is 7. The molecule has 1 aliphatic heterocycles. The Morgan fingerprint density at radius 3 is 1.72 bits per heavy atom. The molecule has 0 saturated heterocycles. The molecule has 3 nitrogen and oxygen atoms in total. The lowest BCUT2D eigenvalue weighted by Gasteiger charge is -2.45. The molecule has 13 rings (SSSR count). The predicted octanol–water partition coefficient (Wildman–Crippen LogP) is 17.8. The highest BCUT2D eigenvalue weighted by Crippen LogP contribution is 2.54. The summed E-state index contributed by atoms with van der Waals surface area (Å²) in [6, 6.07) is 44.8. The van der Waals surface area contributed by atoms with Gasteiger partial charge in [0.25, 0.3) is 0 Å². The van der Waals surface area contributed by atoms with Gasteiger partial charge in [0.05, 0.1) is 11.1 Å². The molecule has 0 atom stereocenters. The molecule has 3 aliphatic carbocycles. The first kappa shape index (κ1) is 45.1. The van der Waals surface area contributed by atoms with Gasteiger partial charge in [-0.2, -0.15) is 0 Å². The first-order chi connectivity index (χ1) is 33.6. The van der Waals surface area contributed by atoms with E-state index in [1.807, 2.05) is 11.3 Å². The summed E-state index contributed by atoms with van der Waals surface area (Å²) < 4.78 is 9.69. The van der Waals surface area contributed by atoms with Crippen LogP contribution in [0.25, 0.3) is 53.2 Å². The number of fused-ring (bicyclic) bond motifs is 12. The molecule has 0 fully saturated rings. The van der Waals surface area contributed by atoms with Crippen LogP contribution in [0.3, 0.4) is 0 Å². The average Bonchev–Trinajstić information content (AvgIpc) is 3.89. The van der Waals surface area contributed by atoms with Gasteiger partial charge in [-0.15, -0.1) is 11.3 Å². The largest absolute Gasteiger partial charge is 0.456 e. The molecule has 357 valence electrons. The number of hydrogen-bond acceptors (Lipinski definition) is 4. The Labute approximate surface area is 426 Å². The second kappa shape index (κ2) is 14.9. The topological polar surface area (TPSA) is 28.4 Å². The number of rotatable bonds is 4. The second-order valence-electron chi connectivity index (χ2n) is 26.0. The SMILES string of the molecule is CC1(C)CCC(C)(C)c2cc(Nc3cc4sc5ccccc5c4cc3-c3cc4oc5ccccc5c4c4c3[B]c3cc5c(cc3N4c3ccc4c(c3)C(C)(C)CCC4(C)C)C(C)(C)CCC5(C)C)ccc21. The monoisotopic (exact) mass is 948 g/mol. The zero-order valence-corrected chi connectivity index (χ0v) is 44.9. The van der Waals surface area contributed by atoms with Crippen LogP contribution in [0.15, 0.2) is 120 Å². The number of hydrogen-bond donors (Lipinski definition) is 1. The summed E-state index contributed by atoms with van der Waals surface area (Å²) in [5.74, 6) is 0. The van der Waals surface area contributed by atoms with E-state index in [4.69, 9.17) is 4.42 Å². The third kappa shape index (κ3) is 6.80. The van der Waals surface area contributed by atoms with Crippen LogP contribution in [0.1, 0.15) is 155 Å². The van der Waals surface area contributed by atoms with Gasteiger partial charge >= 0.3 is 0 Å². The zero-order chi connectivity index (χ0) is 49.4. The van der Waals surface area contributed by atoms with Crippen molar-refractivity contribution in [2.24, 2.45) is 0 Å². The third-order valence-corrected chi connectivity index (χ3v) is 19.6. The smallest absolute Gasteiger partial charge is 0.197 e. The van der Waals surface area contributed by atoms with Gasteiger partial charge in [0.15, 0.2) is 7.28 Å². The summed E-state index contributed by atoms with van der Waals surface area (Å²) in [5.41, 5.74) is 21.8. The van der Waals surface area contributed by atoms with Crippen LogP contribution in [-0.2, 0) is 32.5 Å². The molecule has 0 saturated carbocycles. The minimum Gasteiger partial charge on any atom is -0.456 e. The third-order valence-electron chi connectivity index (χ3n) is 18.5. The Balaban J connectivity index is 1.13. The quantitative estimate of drug-likeness (QED) is 0.178. The fraction of sp³-hybridized carbons (Fsp3) is 0.364. The maximum atomic E-state index is 7.10. The molecule has 7 aromatic carbocycles. The fourth-order valence-electron chi connectivity index (χ4n) is 13.6. The molecule has 4 aliphatic rings. The van der Waals surface area contributed by atoms with Gasteiger partial charge in [0.2, 0.25) is 0 Å². The minimum atomic E-state index is 0.0359. The Morgan fingerprint density at radius 2 is 1.04 bits per heavy atom. The van der Waals surface area contributed by atoms with Gasteiger partial charge in [-0.05, 0) is 176 Å². The van der Waals surface area contributed by atoms with Crippen LogP contribution < -0.4 is 21.1 Å². The molecule has 5 heteroatoms. The summed E-state index contributed by atoms with van der Waals surface area (Å²) in [7, 11) is 2.55. The number of nitrogens with one attached hydrogen (secondary N) is 1. The van der Waals surface area contributed by atoms with Gasteiger partial charge < -0.3 is 14.6 Å². The first-order valence-electron chi connectivity index (χ1n) is 26.5. The molecule has 0 unspecified atom stereocenters. The van der Waals surface area contributed by atoms with E-state index < -0.39 is 0 Å². The molecule has 0 amide bonds. The highest BCUT2D eigenvalue weighted by Gasteiger charge is 2.43. The summed E-state index contributed by atoms with van der Waals surface area (Å²) in [5, 5.41) is 9.00. The Morgan fingerprint density at radius 1 is 0.479 bits per heavy atom. The molecule has 0 spiro atoms. The highest BCUT2D eigenvalue weighted by molar-refractivity contribution is 7.25. The van der Waals surface area contributed by atoms with Gasteiger partial charge in [-0.1, -0.05) is 143 Å². The van der Waals surface area contributed by atoms with E-state index in [2.05, 4.69) is 216 Å². The lowest BCUT2D eigenvalue weighted by atomic mass is 9.55.